The van der Waals surface area contributed by atoms with Crippen LogP contribution in [0.3, 0.4) is 0 Å². The summed E-state index contributed by atoms with van der Waals surface area (Å²) in [4.78, 5) is 28.8. The highest BCUT2D eigenvalue weighted by molar-refractivity contribution is 5.83. The van der Waals surface area contributed by atoms with Crippen molar-refractivity contribution in [1.29, 1.82) is 0 Å². The van der Waals surface area contributed by atoms with E-state index in [1.54, 1.807) is 36.7 Å². The summed E-state index contributed by atoms with van der Waals surface area (Å²) in [5.41, 5.74) is 8.14. The van der Waals surface area contributed by atoms with E-state index in [9.17, 15) is 9.18 Å². The predicted molar refractivity (Wildman–Crippen MR) is 149 cm³/mol. The molecule has 0 saturated carbocycles. The van der Waals surface area contributed by atoms with Crippen molar-refractivity contribution in [2.45, 2.75) is 39.8 Å². The van der Waals surface area contributed by atoms with Crippen molar-refractivity contribution in [2.24, 2.45) is 0 Å². The number of carbonyl (C=O) groups is 1. The number of anilines is 3. The molecule has 212 valence electrons. The zero-order chi connectivity index (χ0) is 28.8. The summed E-state index contributed by atoms with van der Waals surface area (Å²) in [5.74, 6) is -0.849. The number of benzene rings is 1. The number of aryl methyl sites for hydroxylation is 1. The maximum absolute atomic E-state index is 15.1. The lowest BCUT2D eigenvalue weighted by atomic mass is 10.1. The molecule has 0 saturated heterocycles. The van der Waals surface area contributed by atoms with E-state index in [2.05, 4.69) is 35.9 Å². The largest absolute Gasteiger partial charge is 0.469 e. The lowest BCUT2D eigenvalue weighted by Crippen LogP contribution is -2.27. The third kappa shape index (κ3) is 6.49. The monoisotopic (exact) mass is 553 g/mol. The number of carbonyl (C=O) groups excluding carboxylic acids is 1. The molecule has 0 aliphatic heterocycles. The van der Waals surface area contributed by atoms with Gasteiger partial charge in [0.15, 0.2) is 11.6 Å². The summed E-state index contributed by atoms with van der Waals surface area (Å²) >= 11 is 0. The van der Waals surface area contributed by atoms with E-state index in [4.69, 9.17) is 10.5 Å². The zero-order valence-electron chi connectivity index (χ0n) is 22.9. The van der Waals surface area contributed by atoms with Crippen molar-refractivity contribution in [1.82, 2.24) is 35.1 Å². The van der Waals surface area contributed by atoms with Crippen LogP contribution in [0.2, 0.25) is 0 Å². The number of nitrogens with zero attached hydrogens (tertiary/aromatic N) is 5. The second-order valence-corrected chi connectivity index (χ2v) is 9.30. The van der Waals surface area contributed by atoms with Crippen molar-refractivity contribution >= 4 is 34.5 Å². The minimum Gasteiger partial charge on any atom is -0.469 e. The molecular formula is C27H33F2N9O2. The molecule has 4 aromatic rings. The molecule has 0 fully saturated rings. The van der Waals surface area contributed by atoms with E-state index in [0.717, 1.165) is 31.4 Å². The van der Waals surface area contributed by atoms with Gasteiger partial charge < -0.3 is 31.0 Å². The number of esters is 1. The SMILES string of the molecule is CCNCCNCc1cnc(Nc2ncc(F)c(-c3cc(F)c4nc(C)n(C(C)CC(=O)OC)c4c3)n2)cc1N. The maximum atomic E-state index is 15.1. The van der Waals surface area contributed by atoms with Gasteiger partial charge in [-0.2, -0.15) is 0 Å². The molecule has 1 unspecified atom stereocenters. The average molecular weight is 554 g/mol. The fourth-order valence-electron chi connectivity index (χ4n) is 4.41. The molecule has 1 atom stereocenters. The number of imidazole rings is 1. The number of nitrogens with one attached hydrogen (secondary N) is 3. The van der Waals surface area contributed by atoms with Crippen LogP contribution in [-0.2, 0) is 16.1 Å². The number of halogens is 2. The third-order valence-electron chi connectivity index (χ3n) is 6.38. The van der Waals surface area contributed by atoms with Gasteiger partial charge in [-0.05, 0) is 32.5 Å². The molecule has 4 rings (SSSR count). The quantitative estimate of drug-likeness (QED) is 0.152. The molecule has 0 spiro atoms. The van der Waals surface area contributed by atoms with Crippen LogP contribution in [-0.4, -0.2) is 57.2 Å². The number of hydrogen-bond donors (Lipinski definition) is 4. The lowest BCUT2D eigenvalue weighted by Gasteiger charge is -2.16. The van der Waals surface area contributed by atoms with Gasteiger partial charge in [0.05, 0.1) is 25.2 Å². The lowest BCUT2D eigenvalue weighted by molar-refractivity contribution is -0.141. The number of nitrogens with two attached hydrogens (primary N) is 1. The number of hydrogen-bond acceptors (Lipinski definition) is 10. The first-order chi connectivity index (χ1) is 19.2. The standard InChI is InChI=1S/C27H33F2N9O2/c1-5-31-6-7-32-12-18-13-33-23(11-21(18)30)36-27-34-14-20(29)25(37-27)17-9-19(28)26-22(10-17)38(16(3)35-26)15(2)8-24(39)40-4/h9-11,13-15,31-32H,5-8,12H2,1-4H3,(H3,30,33,34,36,37). The fraction of sp³-hybridized carbons (Fsp3) is 0.370. The van der Waals surface area contributed by atoms with E-state index >= 15 is 4.39 Å². The van der Waals surface area contributed by atoms with Gasteiger partial charge in [0.2, 0.25) is 5.95 Å². The Morgan fingerprint density at radius 2 is 1.88 bits per heavy atom. The molecule has 0 aliphatic rings. The predicted octanol–water partition coefficient (Wildman–Crippen LogP) is 3.62. The average Bonchev–Trinajstić information content (AvgIpc) is 3.27. The Bertz CT molecular complexity index is 1510. The number of pyridine rings is 1. The van der Waals surface area contributed by atoms with Crippen LogP contribution < -0.4 is 21.7 Å². The Kier molecular flexibility index (Phi) is 9.17. The first-order valence-corrected chi connectivity index (χ1v) is 12.9. The van der Waals surface area contributed by atoms with Gasteiger partial charge in [0, 0.05) is 54.8 Å². The van der Waals surface area contributed by atoms with Gasteiger partial charge >= 0.3 is 5.97 Å². The fourth-order valence-corrected chi connectivity index (χ4v) is 4.41. The number of methoxy groups -OCH3 is 1. The molecule has 3 heterocycles. The number of likely N-dealkylation sites (N-methyl/N-ethyl adjacent to an activating group) is 1. The first-order valence-electron chi connectivity index (χ1n) is 12.9. The van der Waals surface area contributed by atoms with Gasteiger partial charge in [-0.1, -0.05) is 6.92 Å². The number of ether oxygens (including phenoxy) is 1. The van der Waals surface area contributed by atoms with Gasteiger partial charge in [-0.3, -0.25) is 4.79 Å². The Balaban J connectivity index is 1.59. The van der Waals surface area contributed by atoms with Gasteiger partial charge in [-0.15, -0.1) is 0 Å². The third-order valence-corrected chi connectivity index (χ3v) is 6.38. The van der Waals surface area contributed by atoms with E-state index in [-0.39, 0.29) is 35.2 Å². The highest BCUT2D eigenvalue weighted by atomic mass is 19.1. The molecule has 0 aliphatic carbocycles. The van der Waals surface area contributed by atoms with Crippen molar-refractivity contribution in [3.05, 3.63) is 53.6 Å². The van der Waals surface area contributed by atoms with E-state index in [1.807, 2.05) is 6.92 Å². The zero-order valence-corrected chi connectivity index (χ0v) is 22.9. The molecule has 11 nitrogen and oxygen atoms in total. The van der Waals surface area contributed by atoms with E-state index in [0.29, 0.717) is 29.4 Å². The summed E-state index contributed by atoms with van der Waals surface area (Å²) in [7, 11) is 1.30. The molecule has 0 amide bonds. The molecular weight excluding hydrogens is 520 g/mol. The van der Waals surface area contributed by atoms with Crippen molar-refractivity contribution in [2.75, 3.05) is 37.8 Å². The van der Waals surface area contributed by atoms with Crippen molar-refractivity contribution < 1.29 is 18.3 Å². The van der Waals surface area contributed by atoms with Crippen LogP contribution in [0.5, 0.6) is 0 Å². The molecule has 3 aromatic heterocycles. The number of aromatic nitrogens is 5. The highest BCUT2D eigenvalue weighted by Crippen LogP contribution is 2.31. The van der Waals surface area contributed by atoms with Gasteiger partial charge in [-0.25, -0.2) is 28.7 Å². The van der Waals surface area contributed by atoms with Gasteiger partial charge in [0.1, 0.15) is 22.9 Å². The Morgan fingerprint density at radius 3 is 2.60 bits per heavy atom. The van der Waals surface area contributed by atoms with Crippen molar-refractivity contribution in [3.63, 3.8) is 0 Å². The minimum absolute atomic E-state index is 0.0593. The molecule has 13 heteroatoms. The Morgan fingerprint density at radius 1 is 1.10 bits per heavy atom. The van der Waals surface area contributed by atoms with Crippen molar-refractivity contribution in [3.8, 4) is 11.3 Å². The van der Waals surface area contributed by atoms with Gasteiger partial charge in [0.25, 0.3) is 0 Å². The second-order valence-electron chi connectivity index (χ2n) is 9.30. The molecule has 0 radical (unpaired) electrons. The number of fused-ring (bicyclic) bond motifs is 1. The summed E-state index contributed by atoms with van der Waals surface area (Å²) < 4.78 is 36.6. The van der Waals surface area contributed by atoms with Crippen LogP contribution >= 0.6 is 0 Å². The van der Waals surface area contributed by atoms with Crippen LogP contribution in [0.1, 0.15) is 37.7 Å². The number of nitrogen functional groups attached to an aromatic ring is 1. The molecule has 40 heavy (non-hydrogen) atoms. The Hall–Kier alpha value is -4.23. The summed E-state index contributed by atoms with van der Waals surface area (Å²) in [6.07, 6.45) is 2.71. The van der Waals surface area contributed by atoms with Crippen LogP contribution in [0.15, 0.2) is 30.6 Å². The Labute approximate surface area is 230 Å². The number of rotatable bonds is 12. The van der Waals surface area contributed by atoms with E-state index < -0.39 is 17.6 Å². The topological polar surface area (TPSA) is 145 Å². The summed E-state index contributed by atoms with van der Waals surface area (Å²) in [6, 6.07) is 4.04. The first kappa shape index (κ1) is 28.8. The van der Waals surface area contributed by atoms with Crippen LogP contribution in [0, 0.1) is 18.6 Å². The highest BCUT2D eigenvalue weighted by Gasteiger charge is 2.21. The molecule has 5 N–H and O–H groups in total. The van der Waals surface area contributed by atoms with Crippen LogP contribution in [0.25, 0.3) is 22.3 Å². The normalized spacial score (nSPS) is 12.1. The minimum atomic E-state index is -0.735. The summed E-state index contributed by atoms with van der Waals surface area (Å²) in [5, 5.41) is 9.46. The smallest absolute Gasteiger partial charge is 0.307 e. The molecule has 0 bridgehead atoms. The summed E-state index contributed by atoms with van der Waals surface area (Å²) in [6.45, 7) is 8.66. The molecule has 1 aromatic carbocycles. The van der Waals surface area contributed by atoms with E-state index in [1.165, 1.54) is 13.2 Å². The van der Waals surface area contributed by atoms with Crippen LogP contribution in [0.4, 0.5) is 26.2 Å². The second kappa shape index (κ2) is 12.7. The maximum Gasteiger partial charge on any atom is 0.307 e.